The monoisotopic (exact) mass is 467 g/mol. The molecule has 8 heteroatoms. The second-order valence-electron chi connectivity index (χ2n) is 9.45. The molecule has 2 saturated heterocycles. The number of anilines is 2. The molecule has 4 aromatic rings. The first kappa shape index (κ1) is 21.7. The van der Waals surface area contributed by atoms with Gasteiger partial charge in [0.2, 0.25) is 0 Å². The lowest BCUT2D eigenvalue weighted by Crippen LogP contribution is -2.19. The van der Waals surface area contributed by atoms with Crippen LogP contribution in [0.15, 0.2) is 55.0 Å². The summed E-state index contributed by atoms with van der Waals surface area (Å²) < 4.78 is 0. The summed E-state index contributed by atoms with van der Waals surface area (Å²) in [5.41, 5.74) is 5.11. The first-order chi connectivity index (χ1) is 17.2. The molecule has 1 aromatic carbocycles. The molecule has 8 nitrogen and oxygen atoms in total. The number of rotatable bonds is 6. The topological polar surface area (TPSA) is 90.0 Å². The molecule has 1 amide bonds. The van der Waals surface area contributed by atoms with Gasteiger partial charge in [-0.15, -0.1) is 0 Å². The van der Waals surface area contributed by atoms with Crippen molar-refractivity contribution in [3.63, 3.8) is 0 Å². The minimum Gasteiger partial charge on any atom is -0.357 e. The zero-order chi connectivity index (χ0) is 23.6. The number of hydrogen-bond donors (Lipinski definition) is 2. The largest absolute Gasteiger partial charge is 0.357 e. The summed E-state index contributed by atoms with van der Waals surface area (Å²) in [6.45, 7) is 5.31. The highest BCUT2D eigenvalue weighted by molar-refractivity contribution is 6.11. The minimum atomic E-state index is -0.259. The Morgan fingerprint density at radius 2 is 1.74 bits per heavy atom. The highest BCUT2D eigenvalue weighted by atomic mass is 16.1. The van der Waals surface area contributed by atoms with Gasteiger partial charge in [0.1, 0.15) is 5.82 Å². The first-order valence-electron chi connectivity index (χ1n) is 12.4. The van der Waals surface area contributed by atoms with Crippen LogP contribution in [0.5, 0.6) is 0 Å². The summed E-state index contributed by atoms with van der Waals surface area (Å²) in [4.78, 5) is 26.8. The lowest BCUT2D eigenvalue weighted by molar-refractivity contribution is 0.102. The van der Waals surface area contributed by atoms with E-state index in [0.29, 0.717) is 11.4 Å². The zero-order valence-electron chi connectivity index (χ0n) is 19.7. The predicted octanol–water partition coefficient (Wildman–Crippen LogP) is 4.47. The summed E-state index contributed by atoms with van der Waals surface area (Å²) >= 11 is 0. The third-order valence-corrected chi connectivity index (χ3v) is 6.95. The Balaban J connectivity index is 1.21. The zero-order valence-corrected chi connectivity index (χ0v) is 19.7. The van der Waals surface area contributed by atoms with Gasteiger partial charge in [-0.2, -0.15) is 5.10 Å². The van der Waals surface area contributed by atoms with Crippen molar-refractivity contribution >= 4 is 28.3 Å². The van der Waals surface area contributed by atoms with Gasteiger partial charge >= 0.3 is 0 Å². The average Bonchev–Trinajstić information content (AvgIpc) is 3.66. The van der Waals surface area contributed by atoms with Crippen molar-refractivity contribution in [1.82, 2.24) is 25.1 Å². The van der Waals surface area contributed by atoms with Crippen molar-refractivity contribution in [2.45, 2.75) is 32.2 Å². The van der Waals surface area contributed by atoms with Crippen LogP contribution in [0.3, 0.4) is 0 Å². The number of pyridine rings is 2. The van der Waals surface area contributed by atoms with Crippen molar-refractivity contribution in [3.05, 3.63) is 66.2 Å². The lowest BCUT2D eigenvalue weighted by Gasteiger charge is -2.16. The van der Waals surface area contributed by atoms with Crippen LogP contribution in [-0.4, -0.2) is 57.2 Å². The number of carbonyl (C=O) groups excluding carboxylic acids is 1. The van der Waals surface area contributed by atoms with Crippen LogP contribution in [0.4, 0.5) is 11.5 Å². The van der Waals surface area contributed by atoms with Crippen molar-refractivity contribution < 1.29 is 4.79 Å². The number of nitrogens with zero attached hydrogens (tertiary/aromatic N) is 5. The molecular formula is C27H29N7O. The van der Waals surface area contributed by atoms with Crippen LogP contribution >= 0.6 is 0 Å². The minimum absolute atomic E-state index is 0.259. The van der Waals surface area contributed by atoms with E-state index in [1.807, 2.05) is 42.7 Å². The molecular weight excluding hydrogens is 438 g/mol. The molecule has 0 spiro atoms. The highest BCUT2D eigenvalue weighted by Crippen LogP contribution is 2.27. The van der Waals surface area contributed by atoms with Crippen LogP contribution in [-0.2, 0) is 6.54 Å². The third-order valence-electron chi connectivity index (χ3n) is 6.95. The molecule has 3 aromatic heterocycles. The van der Waals surface area contributed by atoms with E-state index in [1.165, 1.54) is 31.2 Å². The van der Waals surface area contributed by atoms with Gasteiger partial charge in [-0.05, 0) is 80.2 Å². The molecule has 0 radical (unpaired) electrons. The molecule has 2 aliphatic heterocycles. The smallest absolute Gasteiger partial charge is 0.276 e. The van der Waals surface area contributed by atoms with E-state index in [-0.39, 0.29) is 5.91 Å². The number of likely N-dealkylation sites (tertiary alicyclic amines) is 1. The molecule has 6 rings (SSSR count). The fraction of sp³-hybridized carbons (Fsp3) is 0.333. The van der Waals surface area contributed by atoms with E-state index in [9.17, 15) is 4.79 Å². The fourth-order valence-electron chi connectivity index (χ4n) is 5.08. The Labute approximate surface area is 204 Å². The predicted molar refractivity (Wildman–Crippen MR) is 137 cm³/mol. The number of H-pyrrole nitrogens is 1. The molecule has 2 N–H and O–H groups in total. The van der Waals surface area contributed by atoms with Crippen LogP contribution in [0.2, 0.25) is 0 Å². The maximum atomic E-state index is 13.1. The van der Waals surface area contributed by atoms with Crippen LogP contribution < -0.4 is 10.2 Å². The van der Waals surface area contributed by atoms with Crippen molar-refractivity contribution in [1.29, 1.82) is 0 Å². The number of amides is 1. The molecule has 0 bridgehead atoms. The molecule has 0 atom stereocenters. The number of carbonyl (C=O) groups is 1. The Hall–Kier alpha value is -3.78. The summed E-state index contributed by atoms with van der Waals surface area (Å²) in [5, 5.41) is 11.0. The fourth-order valence-corrected chi connectivity index (χ4v) is 5.08. The Morgan fingerprint density at radius 1 is 0.914 bits per heavy atom. The van der Waals surface area contributed by atoms with Gasteiger partial charge in [0, 0.05) is 43.0 Å². The number of aromatic nitrogens is 4. The normalized spacial score (nSPS) is 16.3. The van der Waals surface area contributed by atoms with Gasteiger partial charge < -0.3 is 10.2 Å². The SMILES string of the molecule is O=C(Nc1ccc(N2CCCC2)nc1)c1n[nH]c2ccc(-c3cncc(CN4CCCC4)c3)cc12. The highest BCUT2D eigenvalue weighted by Gasteiger charge is 2.17. The molecule has 5 heterocycles. The van der Waals surface area contributed by atoms with Gasteiger partial charge in [0.25, 0.3) is 5.91 Å². The Kier molecular flexibility index (Phi) is 5.88. The number of fused-ring (bicyclic) bond motifs is 1. The van der Waals surface area contributed by atoms with E-state index in [0.717, 1.165) is 60.6 Å². The number of hydrogen-bond acceptors (Lipinski definition) is 6. The van der Waals surface area contributed by atoms with E-state index >= 15 is 0 Å². The number of nitrogens with one attached hydrogen (secondary N) is 2. The van der Waals surface area contributed by atoms with Crippen molar-refractivity contribution in [2.24, 2.45) is 0 Å². The van der Waals surface area contributed by atoms with Gasteiger partial charge in [0.05, 0.1) is 17.4 Å². The molecule has 2 aliphatic rings. The molecule has 0 saturated carbocycles. The summed E-state index contributed by atoms with van der Waals surface area (Å²) in [6.07, 6.45) is 10.5. The standard InChI is InChI=1S/C27H29N7O/c35-27(30-22-6-8-25(29-17-22)34-11-3-4-12-34)26-23-14-20(5-7-24(23)31-32-26)21-13-19(15-28-16-21)18-33-9-1-2-10-33/h5-8,13-17H,1-4,9-12,18H2,(H,30,35)(H,31,32). The average molecular weight is 468 g/mol. The van der Waals surface area contributed by atoms with E-state index in [2.05, 4.69) is 41.3 Å². The van der Waals surface area contributed by atoms with Crippen LogP contribution in [0.1, 0.15) is 41.7 Å². The molecule has 178 valence electrons. The molecule has 0 aliphatic carbocycles. The third kappa shape index (κ3) is 4.61. The summed E-state index contributed by atoms with van der Waals surface area (Å²) in [6, 6.07) is 12.1. The van der Waals surface area contributed by atoms with Crippen molar-refractivity contribution in [2.75, 3.05) is 36.4 Å². The number of aromatic amines is 1. The molecule has 2 fully saturated rings. The van der Waals surface area contributed by atoms with E-state index in [1.54, 1.807) is 6.20 Å². The van der Waals surface area contributed by atoms with E-state index in [4.69, 9.17) is 0 Å². The van der Waals surface area contributed by atoms with E-state index < -0.39 is 0 Å². The molecule has 0 unspecified atom stereocenters. The van der Waals surface area contributed by atoms with Crippen LogP contribution in [0.25, 0.3) is 22.0 Å². The maximum absolute atomic E-state index is 13.1. The molecule has 35 heavy (non-hydrogen) atoms. The first-order valence-corrected chi connectivity index (χ1v) is 12.4. The summed E-state index contributed by atoms with van der Waals surface area (Å²) in [5.74, 6) is 0.695. The van der Waals surface area contributed by atoms with Gasteiger partial charge in [-0.1, -0.05) is 6.07 Å². The second kappa shape index (κ2) is 9.46. The maximum Gasteiger partial charge on any atom is 0.276 e. The summed E-state index contributed by atoms with van der Waals surface area (Å²) in [7, 11) is 0. The van der Waals surface area contributed by atoms with Crippen LogP contribution in [0, 0.1) is 0 Å². The van der Waals surface area contributed by atoms with Gasteiger partial charge in [-0.25, -0.2) is 4.98 Å². The Morgan fingerprint density at radius 3 is 2.54 bits per heavy atom. The van der Waals surface area contributed by atoms with Gasteiger partial charge in [0.15, 0.2) is 5.69 Å². The second-order valence-corrected chi connectivity index (χ2v) is 9.45. The lowest BCUT2D eigenvalue weighted by atomic mass is 10.0. The van der Waals surface area contributed by atoms with Gasteiger partial charge in [-0.3, -0.25) is 19.8 Å². The van der Waals surface area contributed by atoms with Crippen molar-refractivity contribution in [3.8, 4) is 11.1 Å². The number of benzene rings is 1. The quantitative estimate of drug-likeness (QED) is 0.435. The Bertz CT molecular complexity index is 1340.